The summed E-state index contributed by atoms with van der Waals surface area (Å²) < 4.78 is 0. The summed E-state index contributed by atoms with van der Waals surface area (Å²) in [7, 11) is 0. The summed E-state index contributed by atoms with van der Waals surface area (Å²) >= 11 is 11.9. The Morgan fingerprint density at radius 2 is 1.75 bits per heavy atom. The van der Waals surface area contributed by atoms with Gasteiger partial charge in [-0.3, -0.25) is 14.5 Å². The van der Waals surface area contributed by atoms with Crippen LogP contribution in [-0.4, -0.2) is 59.9 Å². The molecule has 4 rings (SSSR count). The highest BCUT2D eigenvalue weighted by Gasteiger charge is 2.36. The average molecular weight is 474 g/mol. The molecular weight excluding hydrogens is 445 g/mol. The second-order valence-electron chi connectivity index (χ2n) is 8.82. The topological polar surface area (TPSA) is 52.6 Å². The summed E-state index contributed by atoms with van der Waals surface area (Å²) in [6.45, 7) is 4.92. The summed E-state index contributed by atoms with van der Waals surface area (Å²) in [6.07, 6.45) is 3.29. The van der Waals surface area contributed by atoms with Crippen molar-refractivity contribution in [1.29, 1.82) is 0 Å². The van der Waals surface area contributed by atoms with Gasteiger partial charge in [0.1, 0.15) is 0 Å². The molecule has 5 nitrogen and oxygen atoms in total. The lowest BCUT2D eigenvalue weighted by Gasteiger charge is -2.36. The van der Waals surface area contributed by atoms with E-state index in [1.54, 1.807) is 12.1 Å². The molecule has 170 valence electrons. The highest BCUT2D eigenvalue weighted by atomic mass is 35.5. The number of piperidine rings is 1. The van der Waals surface area contributed by atoms with Gasteiger partial charge in [0, 0.05) is 24.2 Å². The van der Waals surface area contributed by atoms with Crippen molar-refractivity contribution in [3.05, 3.63) is 69.7 Å². The Kier molecular flexibility index (Phi) is 7.39. The molecule has 0 radical (unpaired) electrons. The normalized spacial score (nSPS) is 22.2. The second-order valence-corrected chi connectivity index (χ2v) is 9.63. The van der Waals surface area contributed by atoms with E-state index in [4.69, 9.17) is 23.2 Å². The lowest BCUT2D eigenvalue weighted by atomic mass is 9.89. The van der Waals surface area contributed by atoms with E-state index in [1.807, 2.05) is 4.90 Å². The van der Waals surface area contributed by atoms with Gasteiger partial charge in [-0.15, -0.1) is 0 Å². The maximum atomic E-state index is 12.8. The Labute approximate surface area is 199 Å². The Morgan fingerprint density at radius 3 is 2.44 bits per heavy atom. The Bertz CT molecular complexity index is 961. The van der Waals surface area contributed by atoms with Crippen molar-refractivity contribution >= 4 is 35.0 Å². The number of hydrogen-bond acceptors (Lipinski definition) is 3. The van der Waals surface area contributed by atoms with E-state index in [-0.39, 0.29) is 24.4 Å². The van der Waals surface area contributed by atoms with Gasteiger partial charge >= 0.3 is 0 Å². The van der Waals surface area contributed by atoms with Crippen LogP contribution in [0.2, 0.25) is 10.0 Å². The number of benzene rings is 2. The highest BCUT2D eigenvalue weighted by molar-refractivity contribution is 6.42. The third-order valence-corrected chi connectivity index (χ3v) is 7.51. The van der Waals surface area contributed by atoms with E-state index >= 15 is 0 Å². The van der Waals surface area contributed by atoms with E-state index in [0.717, 1.165) is 38.9 Å². The van der Waals surface area contributed by atoms with Crippen molar-refractivity contribution in [1.82, 2.24) is 15.1 Å². The molecule has 0 spiro atoms. The van der Waals surface area contributed by atoms with Crippen LogP contribution in [0.25, 0.3) is 0 Å². The molecule has 0 aromatic heterocycles. The van der Waals surface area contributed by atoms with E-state index < -0.39 is 0 Å². The minimum absolute atomic E-state index is 0.0216. The summed E-state index contributed by atoms with van der Waals surface area (Å²) in [5.74, 6) is 0.247. The van der Waals surface area contributed by atoms with Gasteiger partial charge in [0.2, 0.25) is 5.91 Å². The number of nitrogens with zero attached hydrogens (tertiary/aromatic N) is 2. The van der Waals surface area contributed by atoms with Crippen LogP contribution in [0, 0.1) is 0 Å². The zero-order chi connectivity index (χ0) is 22.7. The number of halogens is 2. The van der Waals surface area contributed by atoms with Gasteiger partial charge in [-0.25, -0.2) is 0 Å². The largest absolute Gasteiger partial charge is 0.343 e. The third-order valence-electron chi connectivity index (χ3n) is 6.77. The fraction of sp³-hybridized carbons (Fsp3) is 0.440. The van der Waals surface area contributed by atoms with Crippen LogP contribution in [0.3, 0.4) is 0 Å². The summed E-state index contributed by atoms with van der Waals surface area (Å²) in [5.41, 5.74) is 1.82. The molecule has 2 aromatic rings. The molecule has 2 heterocycles. The molecule has 2 aliphatic heterocycles. The van der Waals surface area contributed by atoms with Crippen molar-refractivity contribution in [3.63, 3.8) is 0 Å². The molecule has 7 heteroatoms. The number of carbonyl (C=O) groups is 2. The van der Waals surface area contributed by atoms with E-state index in [0.29, 0.717) is 27.6 Å². The number of rotatable bonds is 5. The van der Waals surface area contributed by atoms with E-state index in [2.05, 4.69) is 47.5 Å². The van der Waals surface area contributed by atoms with Crippen LogP contribution in [0.5, 0.6) is 0 Å². The molecular formula is C25H29Cl2N3O2. The second kappa shape index (κ2) is 10.2. The van der Waals surface area contributed by atoms with E-state index in [1.165, 1.54) is 11.6 Å². The number of likely N-dealkylation sites (tertiary alicyclic amines) is 2. The van der Waals surface area contributed by atoms with Gasteiger partial charge in [-0.05, 0) is 69.0 Å². The van der Waals surface area contributed by atoms with Crippen LogP contribution in [0.1, 0.15) is 48.0 Å². The number of carbonyl (C=O) groups excluding carboxylic acids is 2. The number of nitrogens with one attached hydrogen (secondary N) is 1. The molecule has 2 aromatic carbocycles. The third kappa shape index (κ3) is 5.28. The van der Waals surface area contributed by atoms with Crippen molar-refractivity contribution in [2.75, 3.05) is 26.2 Å². The van der Waals surface area contributed by atoms with E-state index in [9.17, 15) is 9.59 Å². The predicted molar refractivity (Wildman–Crippen MR) is 128 cm³/mol. The van der Waals surface area contributed by atoms with Crippen LogP contribution in [-0.2, 0) is 4.79 Å². The van der Waals surface area contributed by atoms with Gasteiger partial charge < -0.3 is 10.2 Å². The van der Waals surface area contributed by atoms with Crippen LogP contribution in [0.15, 0.2) is 48.5 Å². The van der Waals surface area contributed by atoms with Gasteiger partial charge in [-0.2, -0.15) is 0 Å². The number of hydrogen-bond donors (Lipinski definition) is 1. The molecule has 2 fully saturated rings. The Balaban J connectivity index is 1.27. The summed E-state index contributed by atoms with van der Waals surface area (Å²) in [6, 6.07) is 16.0. The maximum Gasteiger partial charge on any atom is 0.251 e. The smallest absolute Gasteiger partial charge is 0.251 e. The van der Waals surface area contributed by atoms with Gasteiger partial charge in [0.25, 0.3) is 5.91 Å². The molecule has 0 aliphatic carbocycles. The molecule has 32 heavy (non-hydrogen) atoms. The SMILES string of the molecule is C[C@@H]1CC(N2CCC(c3ccccc3)CC2)CN1C(=O)CNC(=O)c1ccc(Cl)c(Cl)c1. The minimum Gasteiger partial charge on any atom is -0.343 e. The molecule has 1 unspecified atom stereocenters. The quantitative estimate of drug-likeness (QED) is 0.690. The van der Waals surface area contributed by atoms with Gasteiger partial charge in [-0.1, -0.05) is 53.5 Å². The first-order chi connectivity index (χ1) is 15.4. The summed E-state index contributed by atoms with van der Waals surface area (Å²) in [4.78, 5) is 29.6. The zero-order valence-corrected chi connectivity index (χ0v) is 19.8. The standard InChI is InChI=1S/C25H29Cl2N3O2/c1-17-13-21(29-11-9-19(10-12-29)18-5-3-2-4-6-18)16-30(17)24(31)15-28-25(32)20-7-8-22(26)23(27)14-20/h2-8,14,17,19,21H,9-13,15-16H2,1H3,(H,28,32)/t17-,21?/m1/s1. The average Bonchev–Trinajstić information content (AvgIpc) is 3.21. The lowest BCUT2D eigenvalue weighted by molar-refractivity contribution is -0.130. The molecule has 1 N–H and O–H groups in total. The first kappa shape index (κ1) is 23.1. The molecule has 0 bridgehead atoms. The molecule has 0 saturated carbocycles. The van der Waals surface area contributed by atoms with Gasteiger partial charge in [0.15, 0.2) is 0 Å². The van der Waals surface area contributed by atoms with Gasteiger partial charge in [0.05, 0.1) is 16.6 Å². The Hall–Kier alpha value is -2.08. The first-order valence-corrected chi connectivity index (χ1v) is 12.0. The fourth-order valence-corrected chi connectivity index (χ4v) is 5.23. The zero-order valence-electron chi connectivity index (χ0n) is 18.3. The first-order valence-electron chi connectivity index (χ1n) is 11.2. The molecule has 2 atom stereocenters. The summed E-state index contributed by atoms with van der Waals surface area (Å²) in [5, 5.41) is 3.43. The highest BCUT2D eigenvalue weighted by Crippen LogP contribution is 2.31. The van der Waals surface area contributed by atoms with Crippen LogP contribution < -0.4 is 5.32 Å². The van der Waals surface area contributed by atoms with Crippen LogP contribution >= 0.6 is 23.2 Å². The monoisotopic (exact) mass is 473 g/mol. The fourth-order valence-electron chi connectivity index (χ4n) is 4.93. The Morgan fingerprint density at radius 1 is 1.03 bits per heavy atom. The van der Waals surface area contributed by atoms with Crippen LogP contribution in [0.4, 0.5) is 0 Å². The van der Waals surface area contributed by atoms with Crippen molar-refractivity contribution in [2.45, 2.75) is 44.2 Å². The molecule has 2 amide bonds. The van der Waals surface area contributed by atoms with Crippen molar-refractivity contribution < 1.29 is 9.59 Å². The molecule has 2 aliphatic rings. The van der Waals surface area contributed by atoms with Crippen molar-refractivity contribution in [3.8, 4) is 0 Å². The maximum absolute atomic E-state index is 12.8. The minimum atomic E-state index is -0.330. The molecule has 2 saturated heterocycles. The number of amides is 2. The van der Waals surface area contributed by atoms with Crippen molar-refractivity contribution in [2.24, 2.45) is 0 Å². The predicted octanol–water partition coefficient (Wildman–Crippen LogP) is 4.59. The lowest BCUT2D eigenvalue weighted by Crippen LogP contribution is -2.45.